The third-order valence-corrected chi connectivity index (χ3v) is 7.23. The second-order valence-electron chi connectivity index (χ2n) is 8.52. The number of rotatable bonds is 7. The lowest BCUT2D eigenvalue weighted by molar-refractivity contribution is 0.0331. The van der Waals surface area contributed by atoms with Gasteiger partial charge in [-0.1, -0.05) is 30.3 Å². The monoisotopic (exact) mass is 462 g/mol. The van der Waals surface area contributed by atoms with Gasteiger partial charge < -0.3 is 10.1 Å². The van der Waals surface area contributed by atoms with Crippen molar-refractivity contribution >= 4 is 27.4 Å². The van der Waals surface area contributed by atoms with Gasteiger partial charge in [0, 0.05) is 43.3 Å². The summed E-state index contributed by atoms with van der Waals surface area (Å²) in [7, 11) is 2.00. The lowest BCUT2D eigenvalue weighted by Crippen LogP contribution is -2.36. The molecule has 0 unspecified atom stereocenters. The summed E-state index contributed by atoms with van der Waals surface area (Å²) in [6.07, 6.45) is 0.903. The maximum absolute atomic E-state index is 5.50. The maximum atomic E-state index is 5.50. The van der Waals surface area contributed by atoms with Crippen LogP contribution < -0.4 is 5.32 Å². The first kappa shape index (κ1) is 22.0. The SMILES string of the molecule is Cc1nn(C)c(C)c1CCNc1nc(CN2CCOCC2)nc2scc(-c3ccccc3)c12. The molecule has 33 heavy (non-hydrogen) atoms. The van der Waals surface area contributed by atoms with Gasteiger partial charge in [-0.15, -0.1) is 11.3 Å². The number of fused-ring (bicyclic) bond motifs is 1. The summed E-state index contributed by atoms with van der Waals surface area (Å²) in [4.78, 5) is 13.4. The summed E-state index contributed by atoms with van der Waals surface area (Å²) in [5.74, 6) is 1.78. The molecule has 3 aromatic heterocycles. The van der Waals surface area contributed by atoms with Gasteiger partial charge in [-0.25, -0.2) is 9.97 Å². The minimum Gasteiger partial charge on any atom is -0.379 e. The van der Waals surface area contributed by atoms with E-state index in [2.05, 4.69) is 58.8 Å². The molecule has 0 bridgehead atoms. The Bertz CT molecular complexity index is 1240. The van der Waals surface area contributed by atoms with Crippen LogP contribution in [-0.4, -0.2) is 57.5 Å². The van der Waals surface area contributed by atoms with Gasteiger partial charge in [-0.2, -0.15) is 5.10 Å². The molecule has 1 fully saturated rings. The first-order chi connectivity index (χ1) is 16.1. The number of aryl methyl sites for hydroxylation is 2. The molecule has 0 radical (unpaired) electrons. The number of aromatic nitrogens is 4. The minimum absolute atomic E-state index is 0.743. The van der Waals surface area contributed by atoms with Gasteiger partial charge in [0.15, 0.2) is 0 Å². The molecule has 4 heterocycles. The zero-order valence-corrected chi connectivity index (χ0v) is 20.3. The second-order valence-corrected chi connectivity index (χ2v) is 9.38. The van der Waals surface area contributed by atoms with Gasteiger partial charge in [0.2, 0.25) is 0 Å². The molecular weight excluding hydrogens is 432 g/mol. The molecule has 172 valence electrons. The Morgan fingerprint density at radius 3 is 2.61 bits per heavy atom. The van der Waals surface area contributed by atoms with E-state index in [-0.39, 0.29) is 0 Å². The van der Waals surface area contributed by atoms with E-state index in [0.29, 0.717) is 0 Å². The van der Waals surface area contributed by atoms with Gasteiger partial charge in [-0.3, -0.25) is 9.58 Å². The van der Waals surface area contributed by atoms with Crippen LogP contribution in [0.25, 0.3) is 21.3 Å². The van der Waals surface area contributed by atoms with E-state index in [4.69, 9.17) is 14.7 Å². The van der Waals surface area contributed by atoms with Crippen molar-refractivity contribution < 1.29 is 4.74 Å². The predicted octanol–water partition coefficient (Wildman–Crippen LogP) is 4.20. The van der Waals surface area contributed by atoms with Gasteiger partial charge in [0.05, 0.1) is 30.8 Å². The molecule has 0 saturated carbocycles. The highest BCUT2D eigenvalue weighted by molar-refractivity contribution is 7.17. The van der Waals surface area contributed by atoms with Crippen molar-refractivity contribution in [3.05, 3.63) is 58.5 Å². The number of hydrogen-bond donors (Lipinski definition) is 1. The highest BCUT2D eigenvalue weighted by Gasteiger charge is 2.18. The number of nitrogens with zero attached hydrogens (tertiary/aromatic N) is 5. The van der Waals surface area contributed by atoms with Crippen LogP contribution in [0.4, 0.5) is 5.82 Å². The zero-order chi connectivity index (χ0) is 22.8. The lowest BCUT2D eigenvalue weighted by atomic mass is 10.1. The van der Waals surface area contributed by atoms with Crippen molar-refractivity contribution in [1.82, 2.24) is 24.6 Å². The fourth-order valence-corrected chi connectivity index (χ4v) is 5.43. The van der Waals surface area contributed by atoms with E-state index in [1.165, 1.54) is 22.4 Å². The molecule has 1 N–H and O–H groups in total. The number of benzene rings is 1. The Morgan fingerprint density at radius 1 is 1.09 bits per heavy atom. The zero-order valence-electron chi connectivity index (χ0n) is 19.5. The average Bonchev–Trinajstić information content (AvgIpc) is 3.36. The quantitative estimate of drug-likeness (QED) is 0.444. The summed E-state index contributed by atoms with van der Waals surface area (Å²) in [5.41, 5.74) is 5.99. The number of morpholine rings is 1. The van der Waals surface area contributed by atoms with Gasteiger partial charge >= 0.3 is 0 Å². The Morgan fingerprint density at radius 2 is 1.88 bits per heavy atom. The van der Waals surface area contributed by atoms with E-state index in [9.17, 15) is 0 Å². The molecule has 0 amide bonds. The van der Waals surface area contributed by atoms with E-state index in [1.54, 1.807) is 11.3 Å². The van der Waals surface area contributed by atoms with Crippen LogP contribution >= 0.6 is 11.3 Å². The molecule has 8 heteroatoms. The van der Waals surface area contributed by atoms with E-state index in [0.717, 1.165) is 73.4 Å². The highest BCUT2D eigenvalue weighted by atomic mass is 32.1. The van der Waals surface area contributed by atoms with Gasteiger partial charge in [0.25, 0.3) is 0 Å². The van der Waals surface area contributed by atoms with Crippen LogP contribution in [0.15, 0.2) is 35.7 Å². The summed E-state index contributed by atoms with van der Waals surface area (Å²) in [6, 6.07) is 10.5. The highest BCUT2D eigenvalue weighted by Crippen LogP contribution is 2.37. The van der Waals surface area contributed by atoms with Crippen molar-refractivity contribution in [3.8, 4) is 11.1 Å². The third kappa shape index (κ3) is 4.64. The molecule has 7 nitrogen and oxygen atoms in total. The number of ether oxygens (including phenoxy) is 1. The van der Waals surface area contributed by atoms with Crippen LogP contribution in [0.3, 0.4) is 0 Å². The lowest BCUT2D eigenvalue weighted by Gasteiger charge is -2.25. The van der Waals surface area contributed by atoms with Crippen molar-refractivity contribution in [2.45, 2.75) is 26.8 Å². The average molecular weight is 463 g/mol. The Hall–Kier alpha value is -2.81. The largest absolute Gasteiger partial charge is 0.379 e. The number of nitrogens with one attached hydrogen (secondary N) is 1. The summed E-state index contributed by atoms with van der Waals surface area (Å²) < 4.78 is 7.46. The van der Waals surface area contributed by atoms with E-state index in [1.807, 2.05) is 17.8 Å². The number of hydrogen-bond acceptors (Lipinski definition) is 7. The molecule has 5 rings (SSSR count). The Kier molecular flexibility index (Phi) is 6.39. The fourth-order valence-electron chi connectivity index (χ4n) is 4.46. The molecule has 1 aromatic carbocycles. The van der Waals surface area contributed by atoms with Crippen LogP contribution in [-0.2, 0) is 24.8 Å². The summed E-state index contributed by atoms with van der Waals surface area (Å²) in [5, 5.41) is 11.5. The first-order valence-electron chi connectivity index (χ1n) is 11.5. The molecule has 0 aliphatic carbocycles. The third-order valence-electron chi connectivity index (χ3n) is 6.36. The standard InChI is InChI=1S/C25H30N6OS/c1-17-20(18(2)30(3)29-17)9-10-26-24-23-21(19-7-5-4-6-8-19)16-33-25(23)28-22(27-24)15-31-11-13-32-14-12-31/h4-8,16H,9-15H2,1-3H3,(H,26,27,28). The molecule has 1 aliphatic heterocycles. The smallest absolute Gasteiger partial charge is 0.146 e. The number of anilines is 1. The summed E-state index contributed by atoms with van der Waals surface area (Å²) >= 11 is 1.69. The molecule has 1 saturated heterocycles. The van der Waals surface area contributed by atoms with E-state index >= 15 is 0 Å². The minimum atomic E-state index is 0.743. The van der Waals surface area contributed by atoms with Gasteiger partial charge in [0.1, 0.15) is 16.5 Å². The van der Waals surface area contributed by atoms with Crippen LogP contribution in [0.2, 0.25) is 0 Å². The first-order valence-corrected chi connectivity index (χ1v) is 12.3. The van der Waals surface area contributed by atoms with Crippen molar-refractivity contribution in [1.29, 1.82) is 0 Å². The predicted molar refractivity (Wildman–Crippen MR) is 134 cm³/mol. The van der Waals surface area contributed by atoms with Crippen LogP contribution in [0, 0.1) is 13.8 Å². The fraction of sp³-hybridized carbons (Fsp3) is 0.400. The molecule has 0 spiro atoms. The van der Waals surface area contributed by atoms with Crippen LogP contribution in [0.1, 0.15) is 22.8 Å². The van der Waals surface area contributed by atoms with Crippen molar-refractivity contribution in [2.24, 2.45) is 7.05 Å². The normalized spacial score (nSPS) is 14.8. The number of thiophene rings is 1. The van der Waals surface area contributed by atoms with Crippen molar-refractivity contribution in [2.75, 3.05) is 38.2 Å². The molecular formula is C25H30N6OS. The van der Waals surface area contributed by atoms with Crippen LogP contribution in [0.5, 0.6) is 0 Å². The maximum Gasteiger partial charge on any atom is 0.146 e. The molecule has 4 aromatic rings. The van der Waals surface area contributed by atoms with Gasteiger partial charge in [-0.05, 0) is 31.4 Å². The Balaban J connectivity index is 1.46. The second kappa shape index (κ2) is 9.59. The molecule has 1 aliphatic rings. The van der Waals surface area contributed by atoms with E-state index < -0.39 is 0 Å². The van der Waals surface area contributed by atoms with Crippen molar-refractivity contribution in [3.63, 3.8) is 0 Å². The molecule has 0 atom stereocenters. The summed E-state index contributed by atoms with van der Waals surface area (Å²) in [6.45, 7) is 9.13. The Labute approximate surface area is 198 Å². The topological polar surface area (TPSA) is 68.1 Å².